The van der Waals surface area contributed by atoms with Crippen LogP contribution in [0.2, 0.25) is 0 Å². The van der Waals surface area contributed by atoms with Crippen LogP contribution in [0.3, 0.4) is 0 Å². The Morgan fingerprint density at radius 2 is 2.06 bits per heavy atom. The van der Waals surface area contributed by atoms with Gasteiger partial charge in [-0.15, -0.1) is 0 Å². The Hall–Kier alpha value is -1.97. The van der Waals surface area contributed by atoms with E-state index in [-0.39, 0.29) is 13.2 Å². The van der Waals surface area contributed by atoms with Crippen LogP contribution in [0.25, 0.3) is 5.57 Å². The minimum Gasteiger partial charge on any atom is -0.507 e. The smallest absolute Gasteiger partial charge is 0.257 e. The lowest BCUT2D eigenvalue weighted by Crippen LogP contribution is -2.17. The molecule has 0 aliphatic carbocycles. The Bertz CT molecular complexity index is 412. The molecule has 4 nitrogen and oxygen atoms in total. The van der Waals surface area contributed by atoms with Crippen molar-refractivity contribution in [2.45, 2.75) is 7.43 Å². The van der Waals surface area contributed by atoms with Crippen molar-refractivity contribution in [3.8, 4) is 5.75 Å². The second kappa shape index (κ2) is 5.21. The number of ether oxygens (including phenoxy) is 1. The molecular formula is C12H15NO3. The number of benzene rings is 1. The number of hydrogen-bond donors (Lipinski definition) is 1. The van der Waals surface area contributed by atoms with Crippen LogP contribution in [0.4, 0.5) is 0 Å². The van der Waals surface area contributed by atoms with E-state index in [0.29, 0.717) is 30.2 Å². The standard InChI is InChI=1S/C11H11NO3.CH4/c1-8(11-12-15-7-6-14-11)9-4-2-3-5-10(9)13;/h2-5,13H,1,6-7H2;1H4. The van der Waals surface area contributed by atoms with Crippen molar-refractivity contribution in [2.75, 3.05) is 13.2 Å². The highest BCUT2D eigenvalue weighted by molar-refractivity contribution is 6.19. The number of rotatable bonds is 2. The summed E-state index contributed by atoms with van der Waals surface area (Å²) in [4.78, 5) is 4.89. The first-order chi connectivity index (χ1) is 7.29. The van der Waals surface area contributed by atoms with Gasteiger partial charge in [0, 0.05) is 11.1 Å². The van der Waals surface area contributed by atoms with Crippen LogP contribution in [-0.2, 0) is 9.57 Å². The summed E-state index contributed by atoms with van der Waals surface area (Å²) >= 11 is 0. The van der Waals surface area contributed by atoms with E-state index in [4.69, 9.17) is 9.57 Å². The highest BCUT2D eigenvalue weighted by Gasteiger charge is 2.15. The lowest BCUT2D eigenvalue weighted by atomic mass is 10.1. The van der Waals surface area contributed by atoms with E-state index in [1.165, 1.54) is 0 Å². The van der Waals surface area contributed by atoms with Crippen molar-refractivity contribution in [3.63, 3.8) is 0 Å². The first kappa shape index (κ1) is 12.1. The van der Waals surface area contributed by atoms with E-state index in [1.54, 1.807) is 18.2 Å². The van der Waals surface area contributed by atoms with Gasteiger partial charge in [-0.1, -0.05) is 32.2 Å². The summed E-state index contributed by atoms with van der Waals surface area (Å²) < 4.78 is 5.26. The molecule has 0 radical (unpaired) electrons. The molecule has 0 aromatic heterocycles. The minimum absolute atomic E-state index is 0. The Labute approximate surface area is 94.8 Å². The van der Waals surface area contributed by atoms with Gasteiger partial charge in [0.05, 0.1) is 0 Å². The Morgan fingerprint density at radius 1 is 1.31 bits per heavy atom. The maximum absolute atomic E-state index is 9.60. The van der Waals surface area contributed by atoms with Crippen LogP contribution in [0.1, 0.15) is 13.0 Å². The van der Waals surface area contributed by atoms with Crippen molar-refractivity contribution >= 4 is 11.5 Å². The molecule has 0 unspecified atom stereocenters. The number of aromatic hydroxyl groups is 1. The Kier molecular flexibility index (Phi) is 3.94. The molecule has 86 valence electrons. The van der Waals surface area contributed by atoms with Gasteiger partial charge in [-0.3, -0.25) is 0 Å². The van der Waals surface area contributed by atoms with E-state index < -0.39 is 0 Å². The van der Waals surface area contributed by atoms with Gasteiger partial charge in [0.1, 0.15) is 12.4 Å². The van der Waals surface area contributed by atoms with Crippen LogP contribution < -0.4 is 0 Å². The predicted molar refractivity (Wildman–Crippen MR) is 63.2 cm³/mol. The maximum atomic E-state index is 9.60. The third kappa shape index (κ3) is 2.34. The highest BCUT2D eigenvalue weighted by Crippen LogP contribution is 2.25. The number of para-hydroxylation sites is 1. The van der Waals surface area contributed by atoms with Crippen LogP contribution in [-0.4, -0.2) is 24.2 Å². The Morgan fingerprint density at radius 3 is 2.69 bits per heavy atom. The van der Waals surface area contributed by atoms with E-state index in [9.17, 15) is 5.11 Å². The molecule has 1 aromatic rings. The number of hydrogen-bond acceptors (Lipinski definition) is 4. The lowest BCUT2D eigenvalue weighted by molar-refractivity contribution is 0.0669. The van der Waals surface area contributed by atoms with Gasteiger partial charge in [0.15, 0.2) is 6.61 Å². The van der Waals surface area contributed by atoms with E-state index in [2.05, 4.69) is 11.7 Å². The van der Waals surface area contributed by atoms with E-state index in [1.807, 2.05) is 6.07 Å². The van der Waals surface area contributed by atoms with Gasteiger partial charge in [-0.05, 0) is 11.2 Å². The third-order valence-corrected chi connectivity index (χ3v) is 2.05. The van der Waals surface area contributed by atoms with Gasteiger partial charge in [-0.2, -0.15) is 0 Å². The van der Waals surface area contributed by atoms with Crippen LogP contribution in [0.15, 0.2) is 36.0 Å². The number of nitrogens with zero attached hydrogens (tertiary/aromatic N) is 1. The van der Waals surface area contributed by atoms with Gasteiger partial charge in [0.25, 0.3) is 5.90 Å². The van der Waals surface area contributed by atoms with Gasteiger partial charge in [-0.25, -0.2) is 0 Å². The molecule has 0 amide bonds. The van der Waals surface area contributed by atoms with Crippen molar-refractivity contribution in [3.05, 3.63) is 36.4 Å². The lowest BCUT2D eigenvalue weighted by Gasteiger charge is -2.15. The molecule has 1 heterocycles. The average molecular weight is 221 g/mol. The summed E-state index contributed by atoms with van der Waals surface area (Å²) in [7, 11) is 0. The number of phenolic OH excluding ortho intramolecular Hbond substituents is 1. The minimum atomic E-state index is 0. The SMILES string of the molecule is C.C=C(C1=NOCCO1)c1ccccc1O. The van der Waals surface area contributed by atoms with Crippen molar-refractivity contribution in [1.29, 1.82) is 0 Å². The van der Waals surface area contributed by atoms with E-state index in [0.717, 1.165) is 0 Å². The van der Waals surface area contributed by atoms with Gasteiger partial charge < -0.3 is 14.7 Å². The molecule has 0 saturated heterocycles. The molecule has 0 spiro atoms. The molecule has 0 bridgehead atoms. The second-order valence-corrected chi connectivity index (χ2v) is 3.07. The number of oxime groups is 1. The molecule has 1 aromatic carbocycles. The number of phenols is 1. The van der Waals surface area contributed by atoms with Gasteiger partial charge in [0.2, 0.25) is 0 Å². The fourth-order valence-corrected chi connectivity index (χ4v) is 1.29. The molecule has 2 rings (SSSR count). The second-order valence-electron chi connectivity index (χ2n) is 3.07. The molecule has 4 heteroatoms. The highest BCUT2D eigenvalue weighted by atomic mass is 16.7. The van der Waals surface area contributed by atoms with Gasteiger partial charge >= 0.3 is 0 Å². The monoisotopic (exact) mass is 221 g/mol. The first-order valence-electron chi connectivity index (χ1n) is 4.59. The average Bonchev–Trinajstić information content (AvgIpc) is 2.30. The van der Waals surface area contributed by atoms with Crippen LogP contribution in [0, 0.1) is 0 Å². The van der Waals surface area contributed by atoms with Crippen LogP contribution in [0.5, 0.6) is 5.75 Å². The van der Waals surface area contributed by atoms with Crippen molar-refractivity contribution in [2.24, 2.45) is 5.16 Å². The summed E-state index contributed by atoms with van der Waals surface area (Å²) in [5, 5.41) is 13.3. The molecule has 0 atom stereocenters. The molecule has 16 heavy (non-hydrogen) atoms. The predicted octanol–water partition coefficient (Wildman–Crippen LogP) is 2.40. The summed E-state index contributed by atoms with van der Waals surface area (Å²) in [5.41, 5.74) is 1.12. The maximum Gasteiger partial charge on any atom is 0.257 e. The quantitative estimate of drug-likeness (QED) is 0.834. The molecule has 0 fully saturated rings. The fourth-order valence-electron chi connectivity index (χ4n) is 1.29. The zero-order valence-electron chi connectivity index (χ0n) is 8.14. The normalized spacial score (nSPS) is 13.9. The summed E-state index contributed by atoms with van der Waals surface area (Å²) in [6, 6.07) is 6.89. The van der Waals surface area contributed by atoms with E-state index >= 15 is 0 Å². The fraction of sp³-hybridized carbons (Fsp3) is 0.250. The zero-order chi connectivity index (χ0) is 10.7. The zero-order valence-corrected chi connectivity index (χ0v) is 8.14. The van der Waals surface area contributed by atoms with Crippen molar-refractivity contribution in [1.82, 2.24) is 0 Å². The molecule has 1 N–H and O–H groups in total. The topological polar surface area (TPSA) is 51.0 Å². The summed E-state index contributed by atoms with van der Waals surface area (Å²) in [6.07, 6.45) is 0. The molecule has 1 aliphatic rings. The summed E-state index contributed by atoms with van der Waals surface area (Å²) in [6.45, 7) is 4.71. The van der Waals surface area contributed by atoms with Crippen LogP contribution >= 0.6 is 0 Å². The first-order valence-corrected chi connectivity index (χ1v) is 4.59. The molecule has 0 saturated carbocycles. The Balaban J connectivity index is 0.00000128. The molecule has 1 aliphatic heterocycles. The van der Waals surface area contributed by atoms with Crippen molar-refractivity contribution < 1.29 is 14.7 Å². The largest absolute Gasteiger partial charge is 0.507 e. The summed E-state index contributed by atoms with van der Waals surface area (Å²) in [5.74, 6) is 0.474. The molecular weight excluding hydrogens is 206 g/mol. The third-order valence-electron chi connectivity index (χ3n) is 2.05.